The quantitative estimate of drug-likeness (QED) is 0.276. The van der Waals surface area contributed by atoms with Crippen molar-refractivity contribution in [3.05, 3.63) is 86.0 Å². The summed E-state index contributed by atoms with van der Waals surface area (Å²) in [6, 6.07) is 13.5. The van der Waals surface area contributed by atoms with Crippen LogP contribution >= 0.6 is 11.8 Å². The van der Waals surface area contributed by atoms with Gasteiger partial charge in [0.1, 0.15) is 18.1 Å². The summed E-state index contributed by atoms with van der Waals surface area (Å²) >= 11 is 0.696. The molecule has 9 nitrogen and oxygen atoms in total. The summed E-state index contributed by atoms with van der Waals surface area (Å²) < 4.78 is 5.75. The van der Waals surface area contributed by atoms with E-state index in [2.05, 4.69) is 5.32 Å². The molecule has 0 bridgehead atoms. The summed E-state index contributed by atoms with van der Waals surface area (Å²) in [6.45, 7) is 5.05. The van der Waals surface area contributed by atoms with Crippen molar-refractivity contribution in [1.29, 1.82) is 0 Å². The molecular formula is C25H21N3O6S. The van der Waals surface area contributed by atoms with Crippen molar-refractivity contribution in [1.82, 2.24) is 4.90 Å². The van der Waals surface area contributed by atoms with Gasteiger partial charge >= 0.3 is 0 Å². The summed E-state index contributed by atoms with van der Waals surface area (Å²) in [4.78, 5) is 49.6. The van der Waals surface area contributed by atoms with Crippen LogP contribution in [0.3, 0.4) is 0 Å². The monoisotopic (exact) mass is 491 g/mol. The Morgan fingerprint density at radius 3 is 2.51 bits per heavy atom. The molecule has 3 amide bonds. The van der Waals surface area contributed by atoms with Crippen molar-refractivity contribution in [3.8, 4) is 11.3 Å². The Kier molecular flexibility index (Phi) is 6.57. The second-order valence-corrected chi connectivity index (χ2v) is 9.04. The van der Waals surface area contributed by atoms with Gasteiger partial charge in [0.25, 0.3) is 16.8 Å². The van der Waals surface area contributed by atoms with E-state index < -0.39 is 28.5 Å². The fourth-order valence-corrected chi connectivity index (χ4v) is 4.35. The lowest BCUT2D eigenvalue weighted by Gasteiger charge is -2.13. The fourth-order valence-electron chi connectivity index (χ4n) is 3.54. The number of nitrogens with one attached hydrogen (secondary N) is 1. The minimum atomic E-state index is -0.616. The first-order valence-corrected chi connectivity index (χ1v) is 11.4. The standard InChI is InChI=1S/C25H21N3O6S/c1-14-6-4-5-7-19(14)26-23(29)13-27-24(30)22(35-25(27)31)12-17-8-9-21(34-17)18-10-15(2)16(3)11-20(18)28(32)33/h4-12H,13H2,1-3H3,(H,26,29)/b22-12-. The molecule has 0 unspecified atom stereocenters. The van der Waals surface area contributed by atoms with Crippen LogP contribution in [-0.2, 0) is 9.59 Å². The highest BCUT2D eigenvalue weighted by Gasteiger charge is 2.36. The highest BCUT2D eigenvalue weighted by Crippen LogP contribution is 2.36. The zero-order valence-corrected chi connectivity index (χ0v) is 20.0. The Balaban J connectivity index is 1.52. The van der Waals surface area contributed by atoms with Gasteiger partial charge in [0.15, 0.2) is 0 Å². The summed E-state index contributed by atoms with van der Waals surface area (Å²) in [7, 11) is 0. The normalized spacial score (nSPS) is 14.6. The molecule has 0 aliphatic carbocycles. The molecule has 0 saturated carbocycles. The zero-order valence-electron chi connectivity index (χ0n) is 19.2. The molecule has 1 fully saturated rings. The second kappa shape index (κ2) is 9.59. The second-order valence-electron chi connectivity index (χ2n) is 8.04. The van der Waals surface area contributed by atoms with E-state index in [4.69, 9.17) is 4.42 Å². The maximum atomic E-state index is 12.8. The first-order chi connectivity index (χ1) is 16.6. The number of hydrogen-bond acceptors (Lipinski definition) is 7. The number of nitrogens with zero attached hydrogens (tertiary/aromatic N) is 2. The van der Waals surface area contributed by atoms with Gasteiger partial charge in [0, 0.05) is 17.8 Å². The molecule has 3 aromatic rings. The van der Waals surface area contributed by atoms with E-state index >= 15 is 0 Å². The van der Waals surface area contributed by atoms with E-state index in [-0.39, 0.29) is 22.1 Å². The van der Waals surface area contributed by atoms with Gasteiger partial charge in [-0.15, -0.1) is 0 Å². The minimum absolute atomic E-state index is 0.0889. The number of furan rings is 1. The van der Waals surface area contributed by atoms with E-state index in [1.165, 1.54) is 12.1 Å². The molecule has 0 radical (unpaired) electrons. The molecule has 178 valence electrons. The predicted molar refractivity (Wildman–Crippen MR) is 133 cm³/mol. The summed E-state index contributed by atoms with van der Waals surface area (Å²) in [6.07, 6.45) is 1.39. The number of thioether (sulfide) groups is 1. The number of carbonyl (C=O) groups is 3. The number of anilines is 1. The Labute approximate surface area is 204 Å². The maximum absolute atomic E-state index is 12.8. The van der Waals surface area contributed by atoms with Crippen LogP contribution in [0.1, 0.15) is 22.5 Å². The van der Waals surface area contributed by atoms with Gasteiger partial charge < -0.3 is 9.73 Å². The molecule has 2 aromatic carbocycles. The highest BCUT2D eigenvalue weighted by atomic mass is 32.2. The van der Waals surface area contributed by atoms with Crippen molar-refractivity contribution >= 4 is 46.3 Å². The van der Waals surface area contributed by atoms with Crippen LogP contribution in [0.15, 0.2) is 57.9 Å². The topological polar surface area (TPSA) is 123 Å². The third-order valence-electron chi connectivity index (χ3n) is 5.57. The highest BCUT2D eigenvalue weighted by molar-refractivity contribution is 8.18. The van der Waals surface area contributed by atoms with Crippen LogP contribution < -0.4 is 5.32 Å². The van der Waals surface area contributed by atoms with Gasteiger partial charge in [-0.2, -0.15) is 0 Å². The lowest BCUT2D eigenvalue weighted by molar-refractivity contribution is -0.384. The molecule has 2 heterocycles. The molecule has 35 heavy (non-hydrogen) atoms. The van der Waals surface area contributed by atoms with Crippen LogP contribution in [0.25, 0.3) is 17.4 Å². The van der Waals surface area contributed by atoms with Gasteiger partial charge in [-0.05, 0) is 73.5 Å². The largest absolute Gasteiger partial charge is 0.456 e. The van der Waals surface area contributed by atoms with Crippen molar-refractivity contribution in [2.24, 2.45) is 0 Å². The number of nitro groups is 1. The van der Waals surface area contributed by atoms with E-state index in [9.17, 15) is 24.5 Å². The van der Waals surface area contributed by atoms with Gasteiger partial charge in [0.05, 0.1) is 15.4 Å². The Morgan fingerprint density at radius 1 is 1.09 bits per heavy atom. The third-order valence-corrected chi connectivity index (χ3v) is 6.48. The first kappa shape index (κ1) is 24.0. The number of rotatable bonds is 6. The number of aryl methyl sites for hydroxylation is 3. The van der Waals surface area contributed by atoms with Crippen LogP contribution in [0.5, 0.6) is 0 Å². The van der Waals surface area contributed by atoms with E-state index in [0.717, 1.165) is 21.6 Å². The SMILES string of the molecule is Cc1cc(-c2ccc(/C=C3\SC(=O)N(CC(=O)Nc4ccccc4C)C3=O)o2)c([N+](=O)[O-])cc1C. The smallest absolute Gasteiger partial charge is 0.294 e. The summed E-state index contributed by atoms with van der Waals surface area (Å²) in [5, 5.41) is 13.6. The van der Waals surface area contributed by atoms with E-state index in [0.29, 0.717) is 23.0 Å². The molecule has 1 saturated heterocycles. The number of benzene rings is 2. The average Bonchev–Trinajstić information content (AvgIpc) is 3.37. The lowest BCUT2D eigenvalue weighted by atomic mass is 10.0. The number of nitro benzene ring substituents is 1. The molecule has 1 aliphatic rings. The van der Waals surface area contributed by atoms with E-state index in [1.807, 2.05) is 26.0 Å². The van der Waals surface area contributed by atoms with Gasteiger partial charge in [-0.3, -0.25) is 29.4 Å². The number of amides is 3. The predicted octanol–water partition coefficient (Wildman–Crippen LogP) is 5.46. The molecular weight excluding hydrogens is 470 g/mol. The lowest BCUT2D eigenvalue weighted by Crippen LogP contribution is -2.36. The van der Waals surface area contributed by atoms with Crippen LogP contribution in [0, 0.1) is 30.9 Å². The summed E-state index contributed by atoms with van der Waals surface area (Å²) in [5.41, 5.74) is 3.34. The summed E-state index contributed by atoms with van der Waals surface area (Å²) in [5.74, 6) is -0.592. The number of hydrogen-bond donors (Lipinski definition) is 1. The zero-order chi connectivity index (χ0) is 25.3. The Bertz CT molecular complexity index is 1410. The minimum Gasteiger partial charge on any atom is -0.456 e. The van der Waals surface area contributed by atoms with Crippen molar-refractivity contribution in [2.75, 3.05) is 11.9 Å². The molecule has 0 atom stereocenters. The van der Waals surface area contributed by atoms with Gasteiger partial charge in [-0.25, -0.2) is 0 Å². The van der Waals surface area contributed by atoms with Crippen molar-refractivity contribution < 1.29 is 23.7 Å². The van der Waals surface area contributed by atoms with Crippen molar-refractivity contribution in [2.45, 2.75) is 20.8 Å². The molecule has 10 heteroatoms. The number of carbonyl (C=O) groups excluding carboxylic acids is 3. The average molecular weight is 492 g/mol. The number of imide groups is 1. The van der Waals surface area contributed by atoms with Crippen LogP contribution in [0.2, 0.25) is 0 Å². The Morgan fingerprint density at radius 2 is 1.80 bits per heavy atom. The number of para-hydroxylation sites is 1. The molecule has 4 rings (SSSR count). The van der Waals surface area contributed by atoms with Crippen molar-refractivity contribution in [3.63, 3.8) is 0 Å². The van der Waals surface area contributed by atoms with Gasteiger partial charge in [-0.1, -0.05) is 18.2 Å². The van der Waals surface area contributed by atoms with Crippen LogP contribution in [-0.4, -0.2) is 33.4 Å². The molecule has 1 aliphatic heterocycles. The van der Waals surface area contributed by atoms with Gasteiger partial charge in [0.2, 0.25) is 5.91 Å². The maximum Gasteiger partial charge on any atom is 0.294 e. The third kappa shape index (κ3) is 5.02. The van der Waals surface area contributed by atoms with Crippen LogP contribution in [0.4, 0.5) is 16.2 Å². The fraction of sp³-hybridized carbons (Fsp3) is 0.160. The molecule has 1 aromatic heterocycles. The van der Waals surface area contributed by atoms with E-state index in [1.54, 1.807) is 37.3 Å². The first-order valence-electron chi connectivity index (χ1n) is 10.6. The molecule has 0 spiro atoms. The Hall–Kier alpha value is -4.18. The molecule has 1 N–H and O–H groups in total.